The fraction of sp³-hybridized carbons (Fsp3) is 0.619. The number of nitrogens with zero attached hydrogens (tertiary/aromatic N) is 4. The van der Waals surface area contributed by atoms with E-state index >= 15 is 0 Å². The summed E-state index contributed by atoms with van der Waals surface area (Å²) in [5.41, 5.74) is 0. The molecule has 0 radical (unpaired) electrons. The maximum Gasteiger partial charge on any atom is 0.191 e. The smallest absolute Gasteiger partial charge is 0.191 e. The molecule has 3 rings (SSSR count). The molecule has 0 aromatic carbocycles. The molecule has 28 heavy (non-hydrogen) atoms. The van der Waals surface area contributed by atoms with E-state index in [1.807, 2.05) is 18.5 Å². The molecule has 1 atom stereocenters. The van der Waals surface area contributed by atoms with Crippen molar-refractivity contribution in [1.29, 1.82) is 0 Å². The fourth-order valence-corrected chi connectivity index (χ4v) is 3.68. The Hall–Kier alpha value is -2.28. The van der Waals surface area contributed by atoms with Crippen LogP contribution in [0.1, 0.15) is 51.2 Å². The lowest BCUT2D eigenvalue weighted by Gasteiger charge is -2.26. The second-order valence-electron chi connectivity index (χ2n) is 7.74. The van der Waals surface area contributed by atoms with Crippen molar-refractivity contribution in [2.45, 2.75) is 52.7 Å². The summed E-state index contributed by atoms with van der Waals surface area (Å²) >= 11 is 0. The Labute approximate surface area is 168 Å². The number of likely N-dealkylation sites (tertiary alicyclic amines) is 1. The molecule has 0 aliphatic carbocycles. The van der Waals surface area contributed by atoms with Gasteiger partial charge in [-0.1, -0.05) is 13.8 Å². The van der Waals surface area contributed by atoms with E-state index in [-0.39, 0.29) is 6.04 Å². The maximum absolute atomic E-state index is 5.72. The van der Waals surface area contributed by atoms with E-state index in [4.69, 9.17) is 9.41 Å². The average Bonchev–Trinajstić information content (AvgIpc) is 3.43. The summed E-state index contributed by atoms with van der Waals surface area (Å²) in [6, 6.07) is 4.26. The van der Waals surface area contributed by atoms with E-state index in [1.54, 1.807) is 6.26 Å². The molecule has 7 heteroatoms. The summed E-state index contributed by atoms with van der Waals surface area (Å²) in [4.78, 5) is 11.7. The molecular formula is C21H34N6O. The number of imidazole rings is 1. The number of aromatic nitrogens is 2. The van der Waals surface area contributed by atoms with Gasteiger partial charge in [0.2, 0.25) is 0 Å². The van der Waals surface area contributed by atoms with Gasteiger partial charge in [-0.2, -0.15) is 0 Å². The predicted molar refractivity (Wildman–Crippen MR) is 112 cm³/mol. The van der Waals surface area contributed by atoms with Gasteiger partial charge in [-0.05, 0) is 50.9 Å². The number of rotatable bonds is 9. The SMILES string of the molecule is CCNC(=NCc1nccn1CC(C)C)NCC(c1ccco1)N1CCCC1. The van der Waals surface area contributed by atoms with E-state index in [1.165, 1.54) is 12.8 Å². The highest BCUT2D eigenvalue weighted by Gasteiger charge is 2.25. The highest BCUT2D eigenvalue weighted by atomic mass is 16.3. The minimum Gasteiger partial charge on any atom is -0.468 e. The number of nitrogens with one attached hydrogen (secondary N) is 2. The van der Waals surface area contributed by atoms with Crippen molar-refractivity contribution in [1.82, 2.24) is 25.1 Å². The predicted octanol–water partition coefficient (Wildman–Crippen LogP) is 3.02. The summed E-state index contributed by atoms with van der Waals surface area (Å²) in [7, 11) is 0. The average molecular weight is 387 g/mol. The van der Waals surface area contributed by atoms with Crippen LogP contribution >= 0.6 is 0 Å². The number of guanidine groups is 1. The van der Waals surface area contributed by atoms with Crippen LogP contribution in [-0.4, -0.2) is 46.6 Å². The molecule has 2 N–H and O–H groups in total. The first-order valence-corrected chi connectivity index (χ1v) is 10.5. The second-order valence-corrected chi connectivity index (χ2v) is 7.74. The Morgan fingerprint density at radius 1 is 1.29 bits per heavy atom. The van der Waals surface area contributed by atoms with Gasteiger partial charge >= 0.3 is 0 Å². The molecule has 0 saturated carbocycles. The first-order chi connectivity index (χ1) is 13.7. The van der Waals surface area contributed by atoms with E-state index in [2.05, 4.69) is 51.9 Å². The van der Waals surface area contributed by atoms with Crippen LogP contribution in [0.15, 0.2) is 40.2 Å². The zero-order valence-electron chi connectivity index (χ0n) is 17.4. The van der Waals surface area contributed by atoms with Crippen LogP contribution < -0.4 is 10.6 Å². The van der Waals surface area contributed by atoms with Crippen molar-refractivity contribution < 1.29 is 4.42 Å². The Bertz CT molecular complexity index is 715. The van der Waals surface area contributed by atoms with Crippen molar-refractivity contribution in [3.63, 3.8) is 0 Å². The highest BCUT2D eigenvalue weighted by molar-refractivity contribution is 5.79. The minimum absolute atomic E-state index is 0.226. The quantitative estimate of drug-likeness (QED) is 0.512. The standard InChI is InChI=1S/C21H34N6O/c1-4-22-21(25-15-20-23-9-12-27(20)16-17(2)3)24-14-18(19-8-7-13-28-19)26-10-5-6-11-26/h7-9,12-13,17-18H,4-6,10-11,14-16H2,1-3H3,(H2,22,24,25). The molecule has 0 bridgehead atoms. The molecule has 1 unspecified atom stereocenters. The Morgan fingerprint density at radius 2 is 2.11 bits per heavy atom. The van der Waals surface area contributed by atoms with Crippen molar-refractivity contribution >= 4 is 5.96 Å². The van der Waals surface area contributed by atoms with Crippen LogP contribution in [0.25, 0.3) is 0 Å². The largest absolute Gasteiger partial charge is 0.468 e. The molecule has 0 spiro atoms. The number of hydrogen-bond donors (Lipinski definition) is 2. The van der Waals surface area contributed by atoms with Crippen LogP contribution in [0, 0.1) is 5.92 Å². The number of furan rings is 1. The van der Waals surface area contributed by atoms with Gasteiger partial charge in [0.05, 0.1) is 12.3 Å². The topological polar surface area (TPSA) is 70.6 Å². The van der Waals surface area contributed by atoms with Crippen LogP contribution in [0.2, 0.25) is 0 Å². The van der Waals surface area contributed by atoms with E-state index in [0.717, 1.165) is 50.3 Å². The fourth-order valence-electron chi connectivity index (χ4n) is 3.68. The third-order valence-corrected chi connectivity index (χ3v) is 5.00. The van der Waals surface area contributed by atoms with E-state index < -0.39 is 0 Å². The van der Waals surface area contributed by atoms with E-state index in [0.29, 0.717) is 12.5 Å². The summed E-state index contributed by atoms with van der Waals surface area (Å²) in [5.74, 6) is 3.40. The van der Waals surface area contributed by atoms with Crippen LogP contribution in [0.5, 0.6) is 0 Å². The number of aliphatic imine (C=N–C) groups is 1. The summed E-state index contributed by atoms with van der Waals surface area (Å²) in [5, 5.41) is 6.86. The molecule has 1 aliphatic rings. The van der Waals surface area contributed by atoms with E-state index in [9.17, 15) is 0 Å². The summed E-state index contributed by atoms with van der Waals surface area (Å²) < 4.78 is 7.90. The van der Waals surface area contributed by atoms with Crippen LogP contribution in [0.4, 0.5) is 0 Å². The molecule has 0 amide bonds. The monoisotopic (exact) mass is 386 g/mol. The zero-order chi connectivity index (χ0) is 19.8. The van der Waals surface area contributed by atoms with Gasteiger partial charge in [0, 0.05) is 32.0 Å². The lowest BCUT2D eigenvalue weighted by atomic mass is 10.2. The molecule has 154 valence electrons. The molecule has 3 heterocycles. The van der Waals surface area contributed by atoms with Gasteiger partial charge in [0.25, 0.3) is 0 Å². The van der Waals surface area contributed by atoms with Crippen LogP contribution in [-0.2, 0) is 13.1 Å². The Kier molecular flexibility index (Phi) is 7.54. The van der Waals surface area contributed by atoms with Gasteiger partial charge in [-0.3, -0.25) is 4.90 Å². The second kappa shape index (κ2) is 10.3. The third kappa shape index (κ3) is 5.61. The van der Waals surface area contributed by atoms with Crippen molar-refractivity contribution in [2.24, 2.45) is 10.9 Å². The minimum atomic E-state index is 0.226. The molecule has 1 saturated heterocycles. The Balaban J connectivity index is 1.64. The van der Waals surface area contributed by atoms with Gasteiger partial charge in [0.15, 0.2) is 5.96 Å². The van der Waals surface area contributed by atoms with Gasteiger partial charge in [0.1, 0.15) is 18.1 Å². The molecule has 1 aliphatic heterocycles. The Morgan fingerprint density at radius 3 is 2.79 bits per heavy atom. The van der Waals surface area contributed by atoms with Gasteiger partial charge in [-0.15, -0.1) is 0 Å². The third-order valence-electron chi connectivity index (χ3n) is 5.00. The first kappa shape index (κ1) is 20.5. The molecule has 2 aromatic heterocycles. The molecule has 2 aromatic rings. The normalized spacial score (nSPS) is 16.6. The van der Waals surface area contributed by atoms with Crippen molar-refractivity contribution in [2.75, 3.05) is 26.2 Å². The summed E-state index contributed by atoms with van der Waals surface area (Å²) in [6.45, 7) is 11.9. The van der Waals surface area contributed by atoms with Gasteiger partial charge < -0.3 is 19.6 Å². The zero-order valence-corrected chi connectivity index (χ0v) is 17.4. The maximum atomic E-state index is 5.72. The van der Waals surface area contributed by atoms with Gasteiger partial charge in [-0.25, -0.2) is 9.98 Å². The lowest BCUT2D eigenvalue weighted by Crippen LogP contribution is -2.42. The number of hydrogen-bond acceptors (Lipinski definition) is 4. The molecular weight excluding hydrogens is 352 g/mol. The van der Waals surface area contributed by atoms with Crippen molar-refractivity contribution in [3.05, 3.63) is 42.4 Å². The molecule has 7 nitrogen and oxygen atoms in total. The molecule has 1 fully saturated rings. The van der Waals surface area contributed by atoms with Crippen LogP contribution in [0.3, 0.4) is 0 Å². The first-order valence-electron chi connectivity index (χ1n) is 10.5. The lowest BCUT2D eigenvalue weighted by molar-refractivity contribution is 0.215. The van der Waals surface area contributed by atoms with Crippen molar-refractivity contribution in [3.8, 4) is 0 Å². The highest BCUT2D eigenvalue weighted by Crippen LogP contribution is 2.24. The summed E-state index contributed by atoms with van der Waals surface area (Å²) in [6.07, 6.45) is 8.15.